The van der Waals surface area contributed by atoms with Crippen LogP contribution >= 0.6 is 0 Å². The monoisotopic (exact) mass is 245 g/mol. The van der Waals surface area contributed by atoms with Gasteiger partial charge in [0, 0.05) is 5.56 Å². The number of aldehydes is 1. The molecule has 0 amide bonds. The van der Waals surface area contributed by atoms with Gasteiger partial charge >= 0.3 is 0 Å². The first-order valence-electron chi connectivity index (χ1n) is 5.80. The van der Waals surface area contributed by atoms with E-state index in [1.807, 2.05) is 32.9 Å². The summed E-state index contributed by atoms with van der Waals surface area (Å²) in [4.78, 5) is 15.0. The highest BCUT2D eigenvalue weighted by Crippen LogP contribution is 2.30. The number of rotatable bonds is 4. The van der Waals surface area contributed by atoms with Crippen molar-refractivity contribution in [3.05, 3.63) is 35.4 Å². The van der Waals surface area contributed by atoms with Gasteiger partial charge in [-0.2, -0.15) is 0 Å². The third-order valence-corrected chi connectivity index (χ3v) is 2.78. The topological polar surface area (TPSA) is 52.3 Å². The SMILES string of the molecule is CCOc1cc(C)c(-c2ncoc2C=O)cc1C. The van der Waals surface area contributed by atoms with Crippen LogP contribution in [0.15, 0.2) is 22.9 Å². The zero-order chi connectivity index (χ0) is 13.1. The highest BCUT2D eigenvalue weighted by Gasteiger charge is 2.14. The Hall–Kier alpha value is -2.10. The molecule has 1 aromatic carbocycles. The summed E-state index contributed by atoms with van der Waals surface area (Å²) in [7, 11) is 0. The van der Waals surface area contributed by atoms with Crippen LogP contribution in [0.1, 0.15) is 28.6 Å². The highest BCUT2D eigenvalue weighted by atomic mass is 16.5. The summed E-state index contributed by atoms with van der Waals surface area (Å²) < 4.78 is 10.6. The fourth-order valence-electron chi connectivity index (χ4n) is 1.90. The third-order valence-electron chi connectivity index (χ3n) is 2.78. The molecule has 18 heavy (non-hydrogen) atoms. The minimum Gasteiger partial charge on any atom is -0.494 e. The predicted molar refractivity (Wildman–Crippen MR) is 68.0 cm³/mol. The van der Waals surface area contributed by atoms with E-state index >= 15 is 0 Å². The average molecular weight is 245 g/mol. The number of aryl methyl sites for hydroxylation is 2. The molecule has 0 bridgehead atoms. The smallest absolute Gasteiger partial charge is 0.194 e. The summed E-state index contributed by atoms with van der Waals surface area (Å²) in [5, 5.41) is 0. The van der Waals surface area contributed by atoms with Gasteiger partial charge in [0.25, 0.3) is 0 Å². The van der Waals surface area contributed by atoms with Crippen molar-refractivity contribution in [3.8, 4) is 17.0 Å². The number of benzene rings is 1. The normalized spacial score (nSPS) is 10.4. The Kier molecular flexibility index (Phi) is 3.46. The molecule has 2 aromatic rings. The molecule has 0 N–H and O–H groups in total. The zero-order valence-electron chi connectivity index (χ0n) is 10.7. The lowest BCUT2D eigenvalue weighted by atomic mass is 10.0. The van der Waals surface area contributed by atoms with Crippen LogP contribution in [0.2, 0.25) is 0 Å². The molecule has 94 valence electrons. The standard InChI is InChI=1S/C14H15NO3/c1-4-17-12-6-9(2)11(5-10(12)3)14-13(7-16)18-8-15-14/h5-8H,4H2,1-3H3. The molecule has 1 heterocycles. The van der Waals surface area contributed by atoms with Gasteiger partial charge in [0.15, 0.2) is 18.4 Å². The summed E-state index contributed by atoms with van der Waals surface area (Å²) in [6.45, 7) is 6.50. The minimum absolute atomic E-state index is 0.252. The number of ether oxygens (including phenoxy) is 1. The van der Waals surface area contributed by atoms with Crippen molar-refractivity contribution in [1.29, 1.82) is 0 Å². The second kappa shape index (κ2) is 5.04. The van der Waals surface area contributed by atoms with E-state index < -0.39 is 0 Å². The van der Waals surface area contributed by atoms with Gasteiger partial charge in [-0.25, -0.2) is 4.98 Å². The molecule has 2 rings (SSSR count). The lowest BCUT2D eigenvalue weighted by Gasteiger charge is -2.11. The van der Waals surface area contributed by atoms with E-state index in [4.69, 9.17) is 9.15 Å². The second-order valence-electron chi connectivity index (χ2n) is 4.05. The Morgan fingerprint density at radius 1 is 1.33 bits per heavy atom. The first-order chi connectivity index (χ1) is 8.67. The second-order valence-corrected chi connectivity index (χ2v) is 4.05. The van der Waals surface area contributed by atoms with Crippen molar-refractivity contribution in [2.45, 2.75) is 20.8 Å². The minimum atomic E-state index is 0.252. The molecule has 4 heteroatoms. The van der Waals surface area contributed by atoms with Gasteiger partial charge in [0.2, 0.25) is 0 Å². The number of carbonyl (C=O) groups excluding carboxylic acids is 1. The average Bonchev–Trinajstić information content (AvgIpc) is 2.81. The van der Waals surface area contributed by atoms with Gasteiger partial charge in [-0.15, -0.1) is 0 Å². The van der Waals surface area contributed by atoms with E-state index in [-0.39, 0.29) is 5.76 Å². The Labute approximate surface area is 106 Å². The van der Waals surface area contributed by atoms with Crippen LogP contribution < -0.4 is 4.74 Å². The van der Waals surface area contributed by atoms with E-state index in [2.05, 4.69) is 4.98 Å². The summed E-state index contributed by atoms with van der Waals surface area (Å²) in [5.41, 5.74) is 3.49. The molecule has 0 aliphatic carbocycles. The molecule has 0 saturated carbocycles. The molecule has 0 spiro atoms. The molecule has 0 aliphatic rings. The summed E-state index contributed by atoms with van der Waals surface area (Å²) >= 11 is 0. The number of nitrogens with zero attached hydrogens (tertiary/aromatic N) is 1. The van der Waals surface area contributed by atoms with E-state index in [0.29, 0.717) is 18.6 Å². The molecule has 0 radical (unpaired) electrons. The number of hydrogen-bond donors (Lipinski definition) is 0. The fraction of sp³-hybridized carbons (Fsp3) is 0.286. The Balaban J connectivity index is 2.52. The number of hydrogen-bond acceptors (Lipinski definition) is 4. The van der Waals surface area contributed by atoms with Crippen molar-refractivity contribution in [2.75, 3.05) is 6.61 Å². The van der Waals surface area contributed by atoms with E-state index in [0.717, 1.165) is 22.4 Å². The molecular formula is C14H15NO3. The summed E-state index contributed by atoms with van der Waals surface area (Å²) in [6.07, 6.45) is 1.96. The van der Waals surface area contributed by atoms with Crippen molar-refractivity contribution >= 4 is 6.29 Å². The lowest BCUT2D eigenvalue weighted by molar-refractivity contribution is 0.110. The number of aromatic nitrogens is 1. The lowest BCUT2D eigenvalue weighted by Crippen LogP contribution is -1.96. The van der Waals surface area contributed by atoms with Crippen LogP contribution in [-0.2, 0) is 0 Å². The quantitative estimate of drug-likeness (QED) is 0.776. The van der Waals surface area contributed by atoms with Crippen molar-refractivity contribution in [1.82, 2.24) is 4.98 Å². The fourth-order valence-corrected chi connectivity index (χ4v) is 1.90. The van der Waals surface area contributed by atoms with Crippen LogP contribution in [0, 0.1) is 13.8 Å². The van der Waals surface area contributed by atoms with Gasteiger partial charge in [-0.1, -0.05) is 0 Å². The van der Waals surface area contributed by atoms with Crippen LogP contribution in [-0.4, -0.2) is 17.9 Å². The molecule has 0 unspecified atom stereocenters. The molecule has 0 atom stereocenters. The number of carbonyl (C=O) groups is 1. The molecular weight excluding hydrogens is 230 g/mol. The van der Waals surface area contributed by atoms with Crippen molar-refractivity contribution < 1.29 is 13.9 Å². The predicted octanol–water partition coefficient (Wildman–Crippen LogP) is 3.17. The molecule has 0 saturated heterocycles. The Bertz CT molecular complexity index is 572. The third kappa shape index (κ3) is 2.14. The maximum absolute atomic E-state index is 10.9. The molecule has 0 aliphatic heterocycles. The van der Waals surface area contributed by atoms with Crippen LogP contribution in [0.4, 0.5) is 0 Å². The van der Waals surface area contributed by atoms with E-state index in [1.54, 1.807) is 0 Å². The van der Waals surface area contributed by atoms with E-state index in [9.17, 15) is 4.79 Å². The maximum atomic E-state index is 10.9. The van der Waals surface area contributed by atoms with Crippen molar-refractivity contribution in [2.24, 2.45) is 0 Å². The molecule has 0 fully saturated rings. The summed E-state index contributed by atoms with van der Waals surface area (Å²) in [5.74, 6) is 1.11. The highest BCUT2D eigenvalue weighted by molar-refractivity contribution is 5.83. The molecule has 1 aromatic heterocycles. The van der Waals surface area contributed by atoms with E-state index in [1.165, 1.54) is 6.39 Å². The first kappa shape index (κ1) is 12.4. The van der Waals surface area contributed by atoms with Crippen LogP contribution in [0.25, 0.3) is 11.3 Å². The largest absolute Gasteiger partial charge is 0.494 e. The van der Waals surface area contributed by atoms with Crippen LogP contribution in [0.3, 0.4) is 0 Å². The maximum Gasteiger partial charge on any atom is 0.194 e. The Morgan fingerprint density at radius 2 is 2.11 bits per heavy atom. The van der Waals surface area contributed by atoms with Gasteiger partial charge in [-0.05, 0) is 44.0 Å². The zero-order valence-corrected chi connectivity index (χ0v) is 10.7. The van der Waals surface area contributed by atoms with Gasteiger partial charge in [-0.3, -0.25) is 4.79 Å². The summed E-state index contributed by atoms with van der Waals surface area (Å²) in [6, 6.07) is 3.92. The first-order valence-corrected chi connectivity index (χ1v) is 5.80. The molecule has 4 nitrogen and oxygen atoms in total. The van der Waals surface area contributed by atoms with Crippen LogP contribution in [0.5, 0.6) is 5.75 Å². The van der Waals surface area contributed by atoms with Crippen molar-refractivity contribution in [3.63, 3.8) is 0 Å². The number of oxazole rings is 1. The van der Waals surface area contributed by atoms with Gasteiger partial charge < -0.3 is 9.15 Å². The van der Waals surface area contributed by atoms with Gasteiger partial charge in [0.1, 0.15) is 11.4 Å². The Morgan fingerprint density at radius 3 is 2.78 bits per heavy atom. The van der Waals surface area contributed by atoms with Gasteiger partial charge in [0.05, 0.1) is 6.61 Å².